The molecule has 1 aromatic carbocycles. The van der Waals surface area contributed by atoms with Crippen molar-refractivity contribution in [3.63, 3.8) is 0 Å². The first-order chi connectivity index (χ1) is 11.9. The number of likely N-dealkylation sites (tertiary alicyclic amines) is 1. The van der Waals surface area contributed by atoms with E-state index in [0.29, 0.717) is 25.4 Å². The van der Waals surface area contributed by atoms with Crippen LogP contribution in [0.4, 0.5) is 4.79 Å². The Hall–Kier alpha value is -2.04. The fourth-order valence-corrected chi connectivity index (χ4v) is 4.26. The van der Waals surface area contributed by atoms with Crippen LogP contribution in [0.2, 0.25) is 0 Å². The molecule has 0 bridgehead atoms. The molecule has 0 aromatic heterocycles. The summed E-state index contributed by atoms with van der Waals surface area (Å²) >= 11 is 0. The Balaban J connectivity index is 1.58. The Bertz CT molecular complexity index is 648. The van der Waals surface area contributed by atoms with Gasteiger partial charge in [-0.2, -0.15) is 0 Å². The highest BCUT2D eigenvalue weighted by Gasteiger charge is 2.33. The second-order valence-electron chi connectivity index (χ2n) is 8.08. The number of hydrogen-bond donors (Lipinski definition) is 2. The normalized spacial score (nSPS) is 23.0. The predicted molar refractivity (Wildman–Crippen MR) is 98.4 cm³/mol. The van der Waals surface area contributed by atoms with E-state index in [1.54, 1.807) is 4.90 Å². The van der Waals surface area contributed by atoms with E-state index in [1.165, 1.54) is 11.1 Å². The van der Waals surface area contributed by atoms with Crippen LogP contribution < -0.4 is 11.1 Å². The number of nitrogens with zero attached hydrogens (tertiary/aromatic N) is 1. The van der Waals surface area contributed by atoms with Crippen molar-refractivity contribution in [2.75, 3.05) is 13.1 Å². The average molecular weight is 343 g/mol. The Labute approximate surface area is 150 Å². The van der Waals surface area contributed by atoms with Gasteiger partial charge in [0, 0.05) is 25.6 Å². The number of primary amides is 1. The van der Waals surface area contributed by atoms with E-state index in [1.807, 2.05) is 0 Å². The van der Waals surface area contributed by atoms with Crippen LogP contribution in [0.25, 0.3) is 0 Å². The van der Waals surface area contributed by atoms with Crippen molar-refractivity contribution in [1.82, 2.24) is 10.2 Å². The first kappa shape index (κ1) is 17.8. The maximum absolute atomic E-state index is 12.5. The molecular weight excluding hydrogens is 314 g/mol. The Morgan fingerprint density at radius 3 is 2.56 bits per heavy atom. The maximum Gasteiger partial charge on any atom is 0.314 e. The van der Waals surface area contributed by atoms with Gasteiger partial charge in [-0.1, -0.05) is 38.1 Å². The molecule has 25 heavy (non-hydrogen) atoms. The molecule has 0 spiro atoms. The predicted octanol–water partition coefficient (Wildman–Crippen LogP) is 2.89. The van der Waals surface area contributed by atoms with Crippen LogP contribution in [0.15, 0.2) is 24.3 Å². The minimum absolute atomic E-state index is 0.122. The van der Waals surface area contributed by atoms with E-state index in [2.05, 4.69) is 43.4 Å². The lowest BCUT2D eigenvalue weighted by Crippen LogP contribution is -2.48. The summed E-state index contributed by atoms with van der Waals surface area (Å²) in [5.74, 6) is 0.423. The van der Waals surface area contributed by atoms with Crippen LogP contribution in [0, 0.1) is 0 Å². The van der Waals surface area contributed by atoms with Gasteiger partial charge in [0.15, 0.2) is 0 Å². The largest absolute Gasteiger partial charge is 0.353 e. The van der Waals surface area contributed by atoms with Crippen molar-refractivity contribution < 1.29 is 9.59 Å². The number of amides is 3. The third-order valence-corrected chi connectivity index (χ3v) is 5.85. The summed E-state index contributed by atoms with van der Waals surface area (Å²) in [6, 6.07) is 8.34. The van der Waals surface area contributed by atoms with E-state index in [9.17, 15) is 9.59 Å². The molecule has 1 aliphatic carbocycles. The van der Waals surface area contributed by atoms with Gasteiger partial charge < -0.3 is 16.0 Å². The zero-order valence-corrected chi connectivity index (χ0v) is 15.3. The third kappa shape index (κ3) is 3.97. The van der Waals surface area contributed by atoms with Crippen LogP contribution in [0.3, 0.4) is 0 Å². The van der Waals surface area contributed by atoms with Gasteiger partial charge in [0.25, 0.3) is 0 Å². The van der Waals surface area contributed by atoms with Crippen LogP contribution in [-0.4, -0.2) is 36.0 Å². The average Bonchev–Trinajstić information content (AvgIpc) is 2.58. The number of nitrogens with one attached hydrogen (secondary N) is 1. The molecule has 3 amide bonds. The summed E-state index contributed by atoms with van der Waals surface area (Å²) in [5.41, 5.74) is 8.20. The number of piperidine rings is 1. The molecule has 1 saturated heterocycles. The van der Waals surface area contributed by atoms with Crippen LogP contribution in [0.1, 0.15) is 63.0 Å². The van der Waals surface area contributed by atoms with Gasteiger partial charge in [0.1, 0.15) is 0 Å². The van der Waals surface area contributed by atoms with Crippen molar-refractivity contribution in [1.29, 1.82) is 0 Å². The van der Waals surface area contributed by atoms with Crippen molar-refractivity contribution >= 4 is 11.9 Å². The molecular formula is C20H29N3O2. The molecule has 2 aliphatic rings. The number of nitrogens with two attached hydrogens (primary N) is 1. The fraction of sp³-hybridized carbons (Fsp3) is 0.600. The number of rotatable bonds is 3. The van der Waals surface area contributed by atoms with Gasteiger partial charge in [-0.25, -0.2) is 4.79 Å². The molecule has 0 saturated carbocycles. The van der Waals surface area contributed by atoms with Gasteiger partial charge in [0.2, 0.25) is 5.91 Å². The molecule has 1 unspecified atom stereocenters. The van der Waals surface area contributed by atoms with Gasteiger partial charge in [-0.3, -0.25) is 4.79 Å². The SMILES string of the molecule is CC1(C)CCC(CC(=O)NC2CCN(C(N)=O)CC2)c2ccccc21. The summed E-state index contributed by atoms with van der Waals surface area (Å²) in [6.07, 6.45) is 4.27. The minimum atomic E-state index is -0.369. The van der Waals surface area contributed by atoms with Gasteiger partial charge in [-0.05, 0) is 48.1 Å². The second-order valence-corrected chi connectivity index (χ2v) is 8.08. The lowest BCUT2D eigenvalue weighted by atomic mass is 9.68. The number of carbonyl (C=O) groups is 2. The zero-order valence-electron chi connectivity index (χ0n) is 15.3. The maximum atomic E-state index is 12.5. The quantitative estimate of drug-likeness (QED) is 0.885. The van der Waals surface area contributed by atoms with E-state index in [4.69, 9.17) is 5.73 Å². The van der Waals surface area contributed by atoms with E-state index >= 15 is 0 Å². The fourth-order valence-electron chi connectivity index (χ4n) is 4.26. The molecule has 5 nitrogen and oxygen atoms in total. The smallest absolute Gasteiger partial charge is 0.314 e. The molecule has 1 aliphatic heterocycles. The molecule has 1 aromatic rings. The van der Waals surface area contributed by atoms with Crippen molar-refractivity contribution in [3.05, 3.63) is 35.4 Å². The Morgan fingerprint density at radius 2 is 1.88 bits per heavy atom. The molecule has 0 radical (unpaired) electrons. The molecule has 136 valence electrons. The molecule has 1 heterocycles. The van der Waals surface area contributed by atoms with Crippen LogP contribution in [0.5, 0.6) is 0 Å². The number of hydrogen-bond acceptors (Lipinski definition) is 2. The highest BCUT2D eigenvalue weighted by atomic mass is 16.2. The molecule has 1 fully saturated rings. The van der Waals surface area contributed by atoms with Gasteiger partial charge in [0.05, 0.1) is 0 Å². The molecule has 1 atom stereocenters. The molecule has 3 N–H and O–H groups in total. The standard InChI is InChI=1S/C20H29N3O2/c1-20(2)10-7-14(16-5-3-4-6-17(16)20)13-18(24)22-15-8-11-23(12-9-15)19(21)25/h3-6,14-15H,7-13H2,1-2H3,(H2,21,25)(H,22,24). The Morgan fingerprint density at radius 1 is 1.20 bits per heavy atom. The highest BCUT2D eigenvalue weighted by Crippen LogP contribution is 2.43. The Kier molecular flexibility index (Phi) is 5.02. The highest BCUT2D eigenvalue weighted by molar-refractivity contribution is 5.77. The summed E-state index contributed by atoms with van der Waals surface area (Å²) in [5, 5.41) is 3.16. The number of fused-ring (bicyclic) bond motifs is 1. The van der Waals surface area contributed by atoms with Gasteiger partial charge >= 0.3 is 6.03 Å². The first-order valence-electron chi connectivity index (χ1n) is 9.30. The second kappa shape index (κ2) is 7.06. The van der Waals surface area contributed by atoms with Crippen molar-refractivity contribution in [2.45, 2.75) is 63.3 Å². The zero-order chi connectivity index (χ0) is 18.0. The summed E-state index contributed by atoms with van der Waals surface area (Å²) in [7, 11) is 0. The van der Waals surface area contributed by atoms with Crippen LogP contribution in [-0.2, 0) is 10.2 Å². The number of urea groups is 1. The van der Waals surface area contributed by atoms with E-state index < -0.39 is 0 Å². The third-order valence-electron chi connectivity index (χ3n) is 5.85. The molecule has 5 heteroatoms. The lowest BCUT2D eigenvalue weighted by Gasteiger charge is -2.37. The minimum Gasteiger partial charge on any atom is -0.353 e. The van der Waals surface area contributed by atoms with E-state index in [0.717, 1.165) is 25.7 Å². The summed E-state index contributed by atoms with van der Waals surface area (Å²) < 4.78 is 0. The monoisotopic (exact) mass is 343 g/mol. The first-order valence-corrected chi connectivity index (χ1v) is 9.30. The van der Waals surface area contributed by atoms with Crippen LogP contribution >= 0.6 is 0 Å². The topological polar surface area (TPSA) is 75.4 Å². The lowest BCUT2D eigenvalue weighted by molar-refractivity contribution is -0.122. The van der Waals surface area contributed by atoms with Gasteiger partial charge in [-0.15, -0.1) is 0 Å². The van der Waals surface area contributed by atoms with E-state index in [-0.39, 0.29) is 23.4 Å². The molecule has 3 rings (SSSR count). The summed E-state index contributed by atoms with van der Waals surface area (Å²) in [4.78, 5) is 25.4. The van der Waals surface area contributed by atoms with Crippen molar-refractivity contribution in [3.8, 4) is 0 Å². The number of benzene rings is 1. The summed E-state index contributed by atoms with van der Waals surface area (Å²) in [6.45, 7) is 5.82. The number of carbonyl (C=O) groups excluding carboxylic acids is 2. The van der Waals surface area contributed by atoms with Crippen molar-refractivity contribution in [2.24, 2.45) is 5.73 Å².